The van der Waals surface area contributed by atoms with E-state index >= 15 is 0 Å². The summed E-state index contributed by atoms with van der Waals surface area (Å²) in [4.78, 5) is 57.9. The molecule has 0 aromatic carbocycles. The molecule has 0 radical (unpaired) electrons. The van der Waals surface area contributed by atoms with E-state index < -0.39 is 29.7 Å². The Bertz CT molecular complexity index is 795. The zero-order valence-corrected chi connectivity index (χ0v) is 14.8. The maximum absolute atomic E-state index is 12.2. The second-order valence-corrected chi connectivity index (χ2v) is 5.29. The van der Waals surface area contributed by atoms with Crippen molar-refractivity contribution >= 4 is 27.9 Å². The number of ether oxygens (including phenoxy) is 1. The smallest absolute Gasteiger partial charge is 0.330 e. The van der Waals surface area contributed by atoms with Gasteiger partial charge in [0.25, 0.3) is 5.56 Å². The predicted octanol–water partition coefficient (Wildman–Crippen LogP) is 0.0822. The van der Waals surface area contributed by atoms with Gasteiger partial charge in [-0.05, 0) is 11.1 Å². The van der Waals surface area contributed by atoms with E-state index in [2.05, 4.69) is 30.7 Å². The van der Waals surface area contributed by atoms with Crippen LogP contribution in [0.3, 0.4) is 0 Å². The molecule has 136 valence electrons. The number of nitrogens with one attached hydrogen (secondary N) is 1. The van der Waals surface area contributed by atoms with E-state index in [1.54, 1.807) is 5.94 Å². The summed E-state index contributed by atoms with van der Waals surface area (Å²) in [6.07, 6.45) is -0.255. The number of aromatic amines is 1. The van der Waals surface area contributed by atoms with Crippen LogP contribution in [0.2, 0.25) is 0 Å². The zero-order valence-electron chi connectivity index (χ0n) is 13.3. The monoisotopic (exact) mass is 418 g/mol. The fourth-order valence-corrected chi connectivity index (χ4v) is 2.60. The topological polar surface area (TPSA) is 118 Å². The van der Waals surface area contributed by atoms with Crippen molar-refractivity contribution in [2.75, 3.05) is 20.8 Å². The first kappa shape index (κ1) is 19.5. The van der Waals surface area contributed by atoms with Gasteiger partial charge in [0, 0.05) is 6.20 Å². The van der Waals surface area contributed by atoms with Crippen LogP contribution in [-0.4, -0.2) is 48.5 Å². The summed E-state index contributed by atoms with van der Waals surface area (Å²) in [5, 5.41) is 0. The van der Waals surface area contributed by atoms with E-state index in [0.717, 1.165) is 4.57 Å². The zero-order chi connectivity index (χ0) is 18.4. The van der Waals surface area contributed by atoms with Crippen LogP contribution < -0.4 is 11.2 Å². The third-order valence-corrected chi connectivity index (χ3v) is 3.64. The van der Waals surface area contributed by atoms with E-state index in [0.29, 0.717) is 0 Å². The molecule has 1 saturated heterocycles. The molecular weight excluding hydrogens is 404 g/mol. The van der Waals surface area contributed by atoms with Gasteiger partial charge in [0.15, 0.2) is 12.3 Å². The average Bonchev–Trinajstić information content (AvgIpc) is 2.93. The summed E-state index contributed by atoms with van der Waals surface area (Å²) in [6.45, 7) is -0.0987. The van der Waals surface area contributed by atoms with E-state index in [9.17, 15) is 14.4 Å². The van der Waals surface area contributed by atoms with Crippen molar-refractivity contribution in [3.8, 4) is 0 Å². The minimum absolute atomic E-state index is 0.0329. The molecule has 1 fully saturated rings. The predicted molar refractivity (Wildman–Crippen MR) is 87.2 cm³/mol. The molecule has 1 N–H and O–H groups in total. The lowest BCUT2D eigenvalue weighted by Gasteiger charge is -2.15. The summed E-state index contributed by atoms with van der Waals surface area (Å²) in [5.41, 5.74) is -1.21. The van der Waals surface area contributed by atoms with E-state index in [1.807, 2.05) is 0 Å². The third kappa shape index (κ3) is 4.22. The second kappa shape index (κ2) is 9.02. The van der Waals surface area contributed by atoms with Crippen molar-refractivity contribution in [3.63, 3.8) is 0 Å². The van der Waals surface area contributed by atoms with Crippen molar-refractivity contribution < 1.29 is 29.1 Å². The number of halogens is 1. The largest absolute Gasteiger partial charge is 0.344 e. The summed E-state index contributed by atoms with van der Waals surface area (Å²) in [5.74, 6) is 1.71. The average molecular weight is 419 g/mol. The summed E-state index contributed by atoms with van der Waals surface area (Å²) in [6, 6.07) is 0. The minimum atomic E-state index is -1.16. The molecule has 1 aromatic heterocycles. The Balaban J connectivity index is 2.47. The quantitative estimate of drug-likeness (QED) is 0.375. The molecule has 0 spiro atoms. The van der Waals surface area contributed by atoms with Crippen LogP contribution in [0.15, 0.2) is 26.3 Å². The number of hydrogen-bond acceptors (Lipinski definition) is 8. The Kier molecular flexibility index (Phi) is 7.02. The molecular formula is C14H15BrN2O8. The Hall–Kier alpha value is -1.85. The van der Waals surface area contributed by atoms with Gasteiger partial charge in [-0.15, -0.1) is 0 Å². The van der Waals surface area contributed by atoms with Gasteiger partial charge in [-0.2, -0.15) is 0 Å². The fraction of sp³-hybridized carbons (Fsp3) is 0.429. The standard InChI is InChI=1S/C14H15BrN2O8/c1-21-23-7-10-11(25-22-2)9(6-18)13(24-10)17-5-8(3-4-15)12(19)16-14(17)20/h3-5,10-11,13H,7H2,1-2H3,(H,16,19,20)/t10-,11+,13-/m1/s1. The lowest BCUT2D eigenvalue weighted by atomic mass is 10.1. The molecule has 10 nitrogen and oxygen atoms in total. The van der Waals surface area contributed by atoms with Gasteiger partial charge in [0.05, 0.1) is 25.4 Å². The molecule has 11 heteroatoms. The van der Waals surface area contributed by atoms with Crippen molar-refractivity contribution in [2.24, 2.45) is 0 Å². The van der Waals surface area contributed by atoms with Crippen molar-refractivity contribution in [3.05, 3.63) is 43.2 Å². The highest BCUT2D eigenvalue weighted by molar-refractivity contribution is 9.11. The molecule has 0 bridgehead atoms. The van der Waals surface area contributed by atoms with Crippen LogP contribution in [0.5, 0.6) is 0 Å². The Morgan fingerprint density at radius 2 is 2.16 bits per heavy atom. The number of rotatable bonds is 7. The number of hydrogen-bond donors (Lipinski definition) is 1. The van der Waals surface area contributed by atoms with Gasteiger partial charge in [0.1, 0.15) is 18.7 Å². The van der Waals surface area contributed by atoms with Gasteiger partial charge in [-0.3, -0.25) is 14.3 Å². The van der Waals surface area contributed by atoms with Gasteiger partial charge in [-0.1, -0.05) is 15.9 Å². The highest BCUT2D eigenvalue weighted by atomic mass is 79.9. The van der Waals surface area contributed by atoms with Crippen LogP contribution in [0.4, 0.5) is 0 Å². The maximum atomic E-state index is 12.2. The molecule has 0 saturated carbocycles. The lowest BCUT2D eigenvalue weighted by molar-refractivity contribution is -0.327. The van der Waals surface area contributed by atoms with Crippen molar-refractivity contribution in [1.82, 2.24) is 9.55 Å². The first-order valence-corrected chi connectivity index (χ1v) is 7.86. The molecule has 1 aliphatic rings. The minimum Gasteiger partial charge on any atom is -0.344 e. The number of H-pyrrole nitrogens is 1. The van der Waals surface area contributed by atoms with Gasteiger partial charge in [0.2, 0.25) is 0 Å². The number of nitrogens with zero attached hydrogens (tertiary/aromatic N) is 1. The molecule has 1 aliphatic heterocycles. The normalized spacial score (nSPS) is 23.3. The lowest BCUT2D eigenvalue weighted by Crippen LogP contribution is -2.34. The van der Waals surface area contributed by atoms with Crippen LogP contribution in [-0.2, 0) is 29.1 Å². The third-order valence-electron chi connectivity index (χ3n) is 3.37. The Morgan fingerprint density at radius 3 is 2.76 bits per heavy atom. The molecule has 0 amide bonds. The van der Waals surface area contributed by atoms with Crippen molar-refractivity contribution in [2.45, 2.75) is 18.4 Å². The highest BCUT2D eigenvalue weighted by Crippen LogP contribution is 2.34. The summed E-state index contributed by atoms with van der Waals surface area (Å²) >= 11 is 3.05. The maximum Gasteiger partial charge on any atom is 0.330 e. The Morgan fingerprint density at radius 1 is 1.40 bits per heavy atom. The van der Waals surface area contributed by atoms with Gasteiger partial charge in [-0.25, -0.2) is 29.1 Å². The highest BCUT2D eigenvalue weighted by Gasteiger charge is 2.44. The molecule has 2 heterocycles. The number of aromatic nitrogens is 2. The van der Waals surface area contributed by atoms with E-state index in [1.165, 1.54) is 31.5 Å². The van der Waals surface area contributed by atoms with Crippen LogP contribution in [0.25, 0.3) is 6.08 Å². The van der Waals surface area contributed by atoms with Crippen molar-refractivity contribution in [1.29, 1.82) is 0 Å². The van der Waals surface area contributed by atoms with Gasteiger partial charge < -0.3 is 4.74 Å². The second-order valence-electron chi connectivity index (χ2n) is 4.76. The van der Waals surface area contributed by atoms with Gasteiger partial charge >= 0.3 is 5.69 Å². The molecule has 2 rings (SSSR count). The molecule has 0 aliphatic carbocycles. The van der Waals surface area contributed by atoms with Crippen LogP contribution in [0.1, 0.15) is 11.8 Å². The first-order chi connectivity index (χ1) is 12.1. The number of carbonyl (C=O) groups excluding carboxylic acids is 1. The van der Waals surface area contributed by atoms with E-state index in [4.69, 9.17) is 14.5 Å². The first-order valence-electron chi connectivity index (χ1n) is 6.95. The molecule has 1 aromatic rings. The Labute approximate surface area is 149 Å². The molecule has 25 heavy (non-hydrogen) atoms. The van der Waals surface area contributed by atoms with Crippen LogP contribution in [0, 0.1) is 0 Å². The van der Waals surface area contributed by atoms with Crippen LogP contribution >= 0.6 is 15.9 Å². The molecule has 0 unspecified atom stereocenters. The summed E-state index contributed by atoms with van der Waals surface area (Å²) < 4.78 is 6.71. The fourth-order valence-electron chi connectivity index (χ4n) is 2.32. The molecule has 3 atom stereocenters. The van der Waals surface area contributed by atoms with E-state index in [-0.39, 0.29) is 17.7 Å². The SMILES string of the molecule is COOC[C@H]1O[C@@H](n2cc(C=CBr)c(=O)[nH]c2=O)C(=C=O)[C@@H]1OOC. The summed E-state index contributed by atoms with van der Waals surface area (Å²) in [7, 11) is 2.56.